The van der Waals surface area contributed by atoms with E-state index in [4.69, 9.17) is 4.74 Å². The number of hydrogen-bond donors (Lipinski definition) is 2. The van der Waals surface area contributed by atoms with Crippen LogP contribution in [-0.2, 0) is 16.1 Å². The maximum absolute atomic E-state index is 11.6. The van der Waals surface area contributed by atoms with Crippen molar-refractivity contribution in [3.63, 3.8) is 0 Å². The summed E-state index contributed by atoms with van der Waals surface area (Å²) in [5.74, 6) is -0.240. The van der Waals surface area contributed by atoms with Crippen LogP contribution in [-0.4, -0.2) is 17.6 Å². The summed E-state index contributed by atoms with van der Waals surface area (Å²) in [4.78, 5) is 22.7. The number of anilines is 1. The lowest BCUT2D eigenvalue weighted by atomic mass is 10.2. The fourth-order valence-corrected chi connectivity index (χ4v) is 1.44. The fourth-order valence-electron chi connectivity index (χ4n) is 1.44. The molecule has 0 aliphatic heterocycles. The molecule has 0 fully saturated rings. The molecular weight excluding hydrogens is 256 g/mol. The summed E-state index contributed by atoms with van der Waals surface area (Å²) >= 11 is 0. The monoisotopic (exact) mass is 276 g/mol. The van der Waals surface area contributed by atoms with Crippen LogP contribution < -0.4 is 10.6 Å². The average molecular weight is 276 g/mol. The third-order valence-corrected chi connectivity index (χ3v) is 2.22. The lowest BCUT2D eigenvalue weighted by Crippen LogP contribution is -2.27. The van der Waals surface area contributed by atoms with Gasteiger partial charge in [-0.25, -0.2) is 4.79 Å². The van der Waals surface area contributed by atoms with Crippen LogP contribution in [0.15, 0.2) is 36.9 Å². The second-order valence-corrected chi connectivity index (χ2v) is 5.25. The molecule has 0 aliphatic carbocycles. The van der Waals surface area contributed by atoms with Crippen molar-refractivity contribution in [1.82, 2.24) is 5.32 Å². The maximum atomic E-state index is 11.6. The van der Waals surface area contributed by atoms with Gasteiger partial charge in [0.05, 0.1) is 0 Å². The number of nitrogens with one attached hydrogen (secondary N) is 2. The Labute approximate surface area is 119 Å². The van der Waals surface area contributed by atoms with Crippen molar-refractivity contribution in [3.8, 4) is 0 Å². The van der Waals surface area contributed by atoms with Gasteiger partial charge in [-0.1, -0.05) is 18.7 Å². The molecule has 0 spiro atoms. The third kappa shape index (κ3) is 6.04. The van der Waals surface area contributed by atoms with Gasteiger partial charge in [-0.05, 0) is 44.5 Å². The van der Waals surface area contributed by atoms with Crippen molar-refractivity contribution in [1.29, 1.82) is 0 Å². The maximum Gasteiger partial charge on any atom is 0.412 e. The number of carbonyl (C=O) groups is 2. The minimum Gasteiger partial charge on any atom is -0.444 e. The van der Waals surface area contributed by atoms with E-state index in [2.05, 4.69) is 17.2 Å². The van der Waals surface area contributed by atoms with Crippen LogP contribution in [0.25, 0.3) is 0 Å². The third-order valence-electron chi connectivity index (χ3n) is 2.22. The van der Waals surface area contributed by atoms with Gasteiger partial charge >= 0.3 is 6.09 Å². The highest BCUT2D eigenvalue weighted by Crippen LogP contribution is 2.13. The van der Waals surface area contributed by atoms with E-state index < -0.39 is 11.7 Å². The Morgan fingerprint density at radius 3 is 2.65 bits per heavy atom. The lowest BCUT2D eigenvalue weighted by Gasteiger charge is -2.19. The Hall–Kier alpha value is -2.30. The molecule has 1 aromatic carbocycles. The van der Waals surface area contributed by atoms with Crippen LogP contribution in [0.5, 0.6) is 0 Å². The average Bonchev–Trinajstić information content (AvgIpc) is 2.34. The molecule has 20 heavy (non-hydrogen) atoms. The van der Waals surface area contributed by atoms with E-state index in [1.165, 1.54) is 6.08 Å². The molecule has 0 saturated heterocycles. The van der Waals surface area contributed by atoms with Gasteiger partial charge < -0.3 is 10.1 Å². The highest BCUT2D eigenvalue weighted by atomic mass is 16.6. The molecule has 2 amide bonds. The van der Waals surface area contributed by atoms with Crippen LogP contribution in [0.3, 0.4) is 0 Å². The first-order valence-corrected chi connectivity index (χ1v) is 6.29. The summed E-state index contributed by atoms with van der Waals surface area (Å²) in [5, 5.41) is 5.31. The first-order chi connectivity index (χ1) is 9.30. The Bertz CT molecular complexity index is 504. The van der Waals surface area contributed by atoms with Gasteiger partial charge in [-0.2, -0.15) is 0 Å². The summed E-state index contributed by atoms with van der Waals surface area (Å²) in [6, 6.07) is 7.17. The molecule has 1 aromatic rings. The van der Waals surface area contributed by atoms with Gasteiger partial charge in [-0.15, -0.1) is 0 Å². The second-order valence-electron chi connectivity index (χ2n) is 5.25. The van der Waals surface area contributed by atoms with Gasteiger partial charge in [-0.3, -0.25) is 10.1 Å². The zero-order chi connectivity index (χ0) is 15.2. The van der Waals surface area contributed by atoms with Crippen molar-refractivity contribution in [3.05, 3.63) is 42.5 Å². The van der Waals surface area contributed by atoms with Crippen molar-refractivity contribution in [2.45, 2.75) is 32.9 Å². The van der Waals surface area contributed by atoms with Gasteiger partial charge in [0, 0.05) is 12.2 Å². The Balaban J connectivity index is 2.61. The standard InChI is InChI=1S/C15H20N2O3/c1-5-13(18)16-10-11-7-6-8-12(9-11)17-14(19)20-15(2,3)4/h5-9H,1,10H2,2-4H3,(H,16,18)(H,17,19). The van der Waals surface area contributed by atoms with Crippen molar-refractivity contribution in [2.24, 2.45) is 0 Å². The number of rotatable bonds is 4. The normalized spacial score (nSPS) is 10.6. The fraction of sp³-hybridized carbons (Fsp3) is 0.333. The van der Waals surface area contributed by atoms with Crippen LogP contribution in [0.2, 0.25) is 0 Å². The summed E-state index contributed by atoms with van der Waals surface area (Å²) in [6.07, 6.45) is 0.702. The highest BCUT2D eigenvalue weighted by Gasteiger charge is 2.16. The molecule has 5 nitrogen and oxygen atoms in total. The largest absolute Gasteiger partial charge is 0.444 e. The molecule has 5 heteroatoms. The molecule has 0 aromatic heterocycles. The van der Waals surface area contributed by atoms with Gasteiger partial charge in [0.15, 0.2) is 0 Å². The zero-order valence-corrected chi connectivity index (χ0v) is 12.0. The van der Waals surface area contributed by atoms with E-state index in [1.807, 2.05) is 6.07 Å². The Morgan fingerprint density at radius 1 is 1.35 bits per heavy atom. The molecule has 0 unspecified atom stereocenters. The van der Waals surface area contributed by atoms with E-state index in [-0.39, 0.29) is 5.91 Å². The number of benzene rings is 1. The molecule has 0 aliphatic rings. The first-order valence-electron chi connectivity index (χ1n) is 6.29. The number of carbonyl (C=O) groups excluding carboxylic acids is 2. The van der Waals surface area contributed by atoms with Crippen LogP contribution >= 0.6 is 0 Å². The molecule has 0 radical (unpaired) electrons. The summed E-state index contributed by atoms with van der Waals surface area (Å²) in [7, 11) is 0. The molecule has 1 rings (SSSR count). The topological polar surface area (TPSA) is 67.4 Å². The molecule has 0 bridgehead atoms. The van der Waals surface area contributed by atoms with Crippen LogP contribution in [0.4, 0.5) is 10.5 Å². The van der Waals surface area contributed by atoms with Crippen molar-refractivity contribution >= 4 is 17.7 Å². The molecular formula is C15H20N2O3. The summed E-state index contributed by atoms with van der Waals surface area (Å²) in [5.41, 5.74) is 0.943. The quantitative estimate of drug-likeness (QED) is 0.831. The summed E-state index contributed by atoms with van der Waals surface area (Å²) in [6.45, 7) is 9.15. The minimum atomic E-state index is -0.542. The van der Waals surface area contributed by atoms with E-state index in [9.17, 15) is 9.59 Å². The lowest BCUT2D eigenvalue weighted by molar-refractivity contribution is -0.116. The Morgan fingerprint density at radius 2 is 2.05 bits per heavy atom. The van der Waals surface area contributed by atoms with Crippen LogP contribution in [0, 0.1) is 0 Å². The molecule has 0 saturated carbocycles. The van der Waals surface area contributed by atoms with E-state index in [1.54, 1.807) is 39.0 Å². The molecule has 108 valence electrons. The first kappa shape index (κ1) is 15.8. The smallest absolute Gasteiger partial charge is 0.412 e. The van der Waals surface area contributed by atoms with Crippen molar-refractivity contribution in [2.75, 3.05) is 5.32 Å². The number of amides is 2. The number of ether oxygens (including phenoxy) is 1. The minimum absolute atomic E-state index is 0.240. The van der Waals surface area contributed by atoms with Gasteiger partial charge in [0.2, 0.25) is 5.91 Å². The Kier molecular flexibility index (Phi) is 5.32. The molecule has 0 heterocycles. The predicted molar refractivity (Wildman–Crippen MR) is 78.3 cm³/mol. The van der Waals surface area contributed by atoms with E-state index >= 15 is 0 Å². The van der Waals surface area contributed by atoms with E-state index in [0.717, 1.165) is 5.56 Å². The molecule has 2 N–H and O–H groups in total. The van der Waals surface area contributed by atoms with Crippen molar-refractivity contribution < 1.29 is 14.3 Å². The van der Waals surface area contributed by atoms with Crippen LogP contribution in [0.1, 0.15) is 26.3 Å². The second kappa shape index (κ2) is 6.75. The highest BCUT2D eigenvalue weighted by molar-refractivity contribution is 5.87. The summed E-state index contributed by atoms with van der Waals surface area (Å²) < 4.78 is 5.16. The van der Waals surface area contributed by atoms with E-state index in [0.29, 0.717) is 12.2 Å². The SMILES string of the molecule is C=CC(=O)NCc1cccc(NC(=O)OC(C)(C)C)c1. The molecule has 0 atom stereocenters. The van der Waals surface area contributed by atoms with Gasteiger partial charge in [0.1, 0.15) is 5.60 Å². The predicted octanol–water partition coefficient (Wildman–Crippen LogP) is 2.84. The zero-order valence-electron chi connectivity index (χ0n) is 12.0. The van der Waals surface area contributed by atoms with Gasteiger partial charge in [0.25, 0.3) is 0 Å². The number of hydrogen-bond acceptors (Lipinski definition) is 3.